The number of sulfone groups is 1. The molecule has 3 aromatic carbocycles. The van der Waals surface area contributed by atoms with Gasteiger partial charge >= 0.3 is 0 Å². The fourth-order valence-corrected chi connectivity index (χ4v) is 8.63. The Morgan fingerprint density at radius 1 is 0.939 bits per heavy atom. The number of ether oxygens (including phenoxy) is 2. The normalized spacial score (nSPS) is 17.9. The Morgan fingerprint density at radius 2 is 1.67 bits per heavy atom. The van der Waals surface area contributed by atoms with E-state index >= 15 is 0 Å². The first-order chi connectivity index (χ1) is 15.8. The molecule has 176 valence electrons. The zero-order valence-corrected chi connectivity index (χ0v) is 20.0. The Balaban J connectivity index is 1.63. The van der Waals surface area contributed by atoms with Gasteiger partial charge in [0, 0.05) is 24.7 Å². The van der Waals surface area contributed by atoms with Gasteiger partial charge in [-0.2, -0.15) is 10.6 Å². The van der Waals surface area contributed by atoms with Crippen molar-refractivity contribution >= 4 is 20.4 Å². The number of fused-ring (bicyclic) bond motifs is 1. The molecule has 3 N–H and O–H groups in total. The number of hydrogen-bond donors (Lipinski definition) is 3. The Labute approximate surface area is 195 Å². The monoisotopic (exact) mass is 489 g/mol. The van der Waals surface area contributed by atoms with E-state index in [9.17, 15) is 17.5 Å². The number of nitrogens with one attached hydrogen (secondary N) is 1. The second-order valence-electron chi connectivity index (χ2n) is 7.79. The van der Waals surface area contributed by atoms with Crippen LogP contribution in [-0.4, -0.2) is 37.5 Å². The molecule has 0 bridgehead atoms. The smallest absolute Gasteiger partial charge is 0.187 e. The van der Waals surface area contributed by atoms with E-state index in [2.05, 4.69) is 5.32 Å². The van der Waals surface area contributed by atoms with E-state index in [1.165, 1.54) is 12.1 Å². The van der Waals surface area contributed by atoms with E-state index in [1.807, 2.05) is 18.2 Å². The lowest BCUT2D eigenvalue weighted by molar-refractivity contribution is 0.390. The van der Waals surface area contributed by atoms with Gasteiger partial charge in [-0.25, -0.2) is 8.42 Å². The fourth-order valence-electron chi connectivity index (χ4n) is 4.13. The van der Waals surface area contributed by atoms with Crippen molar-refractivity contribution in [2.24, 2.45) is 0 Å². The average Bonchev–Trinajstić information content (AvgIpc) is 3.12. The van der Waals surface area contributed by atoms with Gasteiger partial charge in [-0.05, 0) is 35.4 Å². The predicted octanol–water partition coefficient (Wildman–Crippen LogP) is 4.63. The van der Waals surface area contributed by atoms with Gasteiger partial charge in [0.1, 0.15) is 16.7 Å². The SMILES string of the molecule is COc1ccc(CNCc2cccc3c2C(S(=O)(=O)c2ccccc2)CS3(O)O)c(OC)c1. The maximum Gasteiger partial charge on any atom is 0.187 e. The van der Waals surface area contributed by atoms with Gasteiger partial charge in [0.2, 0.25) is 0 Å². The molecule has 0 aliphatic carbocycles. The van der Waals surface area contributed by atoms with Crippen molar-refractivity contribution in [2.45, 2.75) is 28.1 Å². The molecule has 33 heavy (non-hydrogen) atoms. The van der Waals surface area contributed by atoms with Crippen LogP contribution in [0.4, 0.5) is 0 Å². The molecule has 7 nitrogen and oxygen atoms in total. The van der Waals surface area contributed by atoms with Crippen molar-refractivity contribution in [1.29, 1.82) is 0 Å². The van der Waals surface area contributed by atoms with Crippen LogP contribution < -0.4 is 14.8 Å². The average molecular weight is 490 g/mol. The van der Waals surface area contributed by atoms with Crippen molar-refractivity contribution in [3.05, 3.63) is 83.4 Å². The Hall–Kier alpha value is -2.56. The molecule has 0 aromatic heterocycles. The minimum atomic E-state index is -3.80. The van der Waals surface area contributed by atoms with Gasteiger partial charge in [0.25, 0.3) is 0 Å². The van der Waals surface area contributed by atoms with Crippen molar-refractivity contribution in [1.82, 2.24) is 5.32 Å². The van der Waals surface area contributed by atoms with Gasteiger partial charge in [-0.1, -0.05) is 36.4 Å². The lowest BCUT2D eigenvalue weighted by Crippen LogP contribution is -2.19. The Bertz CT molecular complexity index is 1250. The topological polar surface area (TPSA) is 105 Å². The summed E-state index contributed by atoms with van der Waals surface area (Å²) < 4.78 is 58.9. The fraction of sp³-hybridized carbons (Fsp3) is 0.250. The molecule has 1 atom stereocenters. The third-order valence-electron chi connectivity index (χ3n) is 5.79. The number of benzene rings is 3. The molecule has 0 spiro atoms. The molecule has 3 aromatic rings. The van der Waals surface area contributed by atoms with Crippen LogP contribution in [0.1, 0.15) is 21.9 Å². The summed E-state index contributed by atoms with van der Waals surface area (Å²) in [7, 11) is -3.83. The molecule has 1 heterocycles. The predicted molar refractivity (Wildman–Crippen MR) is 129 cm³/mol. The molecule has 0 radical (unpaired) electrons. The number of hydrogen-bond acceptors (Lipinski definition) is 7. The van der Waals surface area contributed by atoms with Crippen molar-refractivity contribution in [2.75, 3.05) is 20.0 Å². The summed E-state index contributed by atoms with van der Waals surface area (Å²) in [5.41, 5.74) is 2.13. The highest BCUT2D eigenvalue weighted by Crippen LogP contribution is 2.62. The highest BCUT2D eigenvalue weighted by atomic mass is 32.3. The molecule has 9 heteroatoms. The second kappa shape index (κ2) is 9.36. The molecule has 0 amide bonds. The first-order valence-electron chi connectivity index (χ1n) is 10.4. The maximum atomic E-state index is 13.4. The van der Waals surface area contributed by atoms with E-state index in [0.29, 0.717) is 35.0 Å². The van der Waals surface area contributed by atoms with Crippen LogP contribution in [0, 0.1) is 0 Å². The van der Waals surface area contributed by atoms with E-state index < -0.39 is 25.7 Å². The van der Waals surface area contributed by atoms with E-state index in [4.69, 9.17) is 9.47 Å². The summed E-state index contributed by atoms with van der Waals surface area (Å²) in [4.78, 5) is 0.483. The lowest BCUT2D eigenvalue weighted by Gasteiger charge is -2.27. The van der Waals surface area contributed by atoms with Gasteiger partial charge in [0.15, 0.2) is 9.84 Å². The van der Waals surface area contributed by atoms with Gasteiger partial charge in [0.05, 0.1) is 29.8 Å². The molecule has 0 saturated carbocycles. The van der Waals surface area contributed by atoms with Gasteiger partial charge in [-0.15, -0.1) is 0 Å². The Kier molecular flexibility index (Phi) is 6.69. The van der Waals surface area contributed by atoms with Crippen LogP contribution in [0.5, 0.6) is 11.5 Å². The molecule has 0 saturated heterocycles. The van der Waals surface area contributed by atoms with Crippen molar-refractivity contribution in [3.63, 3.8) is 0 Å². The third-order valence-corrected chi connectivity index (χ3v) is 9.94. The van der Waals surface area contributed by atoms with Gasteiger partial charge < -0.3 is 14.8 Å². The summed E-state index contributed by atoms with van der Waals surface area (Å²) in [6.45, 7) is 0.831. The first kappa shape index (κ1) is 23.6. The van der Waals surface area contributed by atoms with Crippen LogP contribution in [-0.2, 0) is 22.9 Å². The second-order valence-corrected chi connectivity index (χ2v) is 12.0. The van der Waals surface area contributed by atoms with E-state index in [0.717, 1.165) is 11.1 Å². The van der Waals surface area contributed by atoms with Gasteiger partial charge in [-0.3, -0.25) is 9.11 Å². The lowest BCUT2D eigenvalue weighted by atomic mass is 10.0. The first-order valence-corrected chi connectivity index (χ1v) is 13.6. The van der Waals surface area contributed by atoms with Crippen LogP contribution in [0.3, 0.4) is 0 Å². The summed E-state index contributed by atoms with van der Waals surface area (Å²) >= 11 is 0. The van der Waals surface area contributed by atoms with Crippen LogP contribution in [0.2, 0.25) is 0 Å². The third kappa shape index (κ3) is 4.60. The number of methoxy groups -OCH3 is 2. The summed E-state index contributed by atoms with van der Waals surface area (Å²) in [5.74, 6) is 1.14. The minimum absolute atomic E-state index is 0.170. The number of rotatable bonds is 8. The molecule has 1 unspecified atom stereocenters. The molecular weight excluding hydrogens is 462 g/mol. The Morgan fingerprint density at radius 3 is 2.36 bits per heavy atom. The highest BCUT2D eigenvalue weighted by Gasteiger charge is 2.44. The van der Waals surface area contributed by atoms with Crippen molar-refractivity contribution < 1.29 is 27.0 Å². The maximum absolute atomic E-state index is 13.4. The zero-order valence-electron chi connectivity index (χ0n) is 18.4. The summed E-state index contributed by atoms with van der Waals surface area (Å²) in [6.07, 6.45) is 0. The van der Waals surface area contributed by atoms with E-state index in [-0.39, 0.29) is 10.6 Å². The summed E-state index contributed by atoms with van der Waals surface area (Å²) in [6, 6.07) is 18.9. The van der Waals surface area contributed by atoms with Crippen LogP contribution in [0.25, 0.3) is 0 Å². The van der Waals surface area contributed by atoms with Crippen molar-refractivity contribution in [3.8, 4) is 11.5 Å². The standard InChI is InChI=1S/C24H27NO6S2/c1-30-19-12-11-17(21(13-19)31-2)14-25-15-18-7-6-10-22-24(18)23(16-32(22,26)27)33(28,29)20-8-4-3-5-9-20/h3-13,23,25-27H,14-16H2,1-2H3. The van der Waals surface area contributed by atoms with Crippen LogP contribution >= 0.6 is 10.6 Å². The molecule has 4 rings (SSSR count). The molecule has 1 aliphatic rings. The summed E-state index contributed by atoms with van der Waals surface area (Å²) in [5, 5.41) is 2.31. The zero-order chi connectivity index (χ0) is 23.6. The highest BCUT2D eigenvalue weighted by molar-refractivity contribution is 8.25. The minimum Gasteiger partial charge on any atom is -0.497 e. The molecule has 1 aliphatic heterocycles. The quantitative estimate of drug-likeness (QED) is 0.424. The van der Waals surface area contributed by atoms with Crippen LogP contribution in [0.15, 0.2) is 76.5 Å². The largest absolute Gasteiger partial charge is 0.497 e. The molecule has 0 fully saturated rings. The van der Waals surface area contributed by atoms with E-state index in [1.54, 1.807) is 50.6 Å². The molecular formula is C24H27NO6S2.